The van der Waals surface area contributed by atoms with Gasteiger partial charge in [0, 0.05) is 19.7 Å². The molecule has 0 aliphatic carbocycles. The van der Waals surface area contributed by atoms with Gasteiger partial charge in [0.2, 0.25) is 0 Å². The van der Waals surface area contributed by atoms with E-state index in [9.17, 15) is 4.79 Å². The zero-order valence-electron chi connectivity index (χ0n) is 11.5. The van der Waals surface area contributed by atoms with Crippen molar-refractivity contribution in [1.82, 2.24) is 10.2 Å². The topological polar surface area (TPSA) is 41.6 Å². The van der Waals surface area contributed by atoms with E-state index in [1.54, 1.807) is 0 Å². The fourth-order valence-electron chi connectivity index (χ4n) is 2.91. The Hall–Kier alpha value is -0.610. The summed E-state index contributed by atoms with van der Waals surface area (Å²) in [4.78, 5) is 14.4. The monoisotopic (exact) mass is 254 g/mol. The van der Waals surface area contributed by atoms with E-state index in [0.29, 0.717) is 5.92 Å². The fourth-order valence-corrected chi connectivity index (χ4v) is 2.91. The molecular formula is C14H26N2O2. The molecule has 2 aliphatic heterocycles. The molecule has 4 nitrogen and oxygen atoms in total. The second kappa shape index (κ2) is 7.10. The van der Waals surface area contributed by atoms with E-state index in [1.807, 2.05) is 4.90 Å². The number of nitrogens with one attached hydrogen (secondary N) is 1. The molecule has 0 aromatic heterocycles. The van der Waals surface area contributed by atoms with Crippen LogP contribution in [0, 0.1) is 5.92 Å². The Labute approximate surface area is 110 Å². The molecule has 0 radical (unpaired) electrons. The summed E-state index contributed by atoms with van der Waals surface area (Å²) in [5, 5.41) is 3.38. The van der Waals surface area contributed by atoms with Crippen molar-refractivity contribution in [1.29, 1.82) is 0 Å². The lowest BCUT2D eigenvalue weighted by molar-refractivity contribution is -0.141. The van der Waals surface area contributed by atoms with Crippen LogP contribution in [0.3, 0.4) is 0 Å². The Morgan fingerprint density at radius 2 is 2.11 bits per heavy atom. The van der Waals surface area contributed by atoms with Gasteiger partial charge in [0.05, 0.1) is 0 Å². The summed E-state index contributed by atoms with van der Waals surface area (Å²) in [7, 11) is 0. The Kier molecular flexibility index (Phi) is 5.45. The van der Waals surface area contributed by atoms with Crippen LogP contribution >= 0.6 is 0 Å². The Bertz CT molecular complexity index is 259. The van der Waals surface area contributed by atoms with Gasteiger partial charge in [0.15, 0.2) is 0 Å². The molecule has 1 N–H and O–H groups in total. The van der Waals surface area contributed by atoms with Gasteiger partial charge in [-0.2, -0.15) is 0 Å². The van der Waals surface area contributed by atoms with Crippen LogP contribution in [0.15, 0.2) is 0 Å². The van der Waals surface area contributed by atoms with Crippen molar-refractivity contribution < 1.29 is 9.53 Å². The maximum Gasteiger partial charge on any atom is 0.251 e. The van der Waals surface area contributed by atoms with Gasteiger partial charge >= 0.3 is 0 Å². The van der Waals surface area contributed by atoms with Gasteiger partial charge in [0.1, 0.15) is 6.10 Å². The van der Waals surface area contributed by atoms with E-state index in [0.717, 1.165) is 52.0 Å². The Morgan fingerprint density at radius 3 is 2.72 bits per heavy atom. The third kappa shape index (κ3) is 3.69. The molecule has 1 amide bonds. The maximum atomic E-state index is 12.4. The average molecular weight is 254 g/mol. The summed E-state index contributed by atoms with van der Waals surface area (Å²) in [5.74, 6) is 0.899. The summed E-state index contributed by atoms with van der Waals surface area (Å²) in [6.45, 7) is 6.89. The van der Waals surface area contributed by atoms with Crippen molar-refractivity contribution in [3.8, 4) is 0 Å². The highest BCUT2D eigenvalue weighted by molar-refractivity contribution is 5.81. The minimum Gasteiger partial charge on any atom is -0.368 e. The maximum absolute atomic E-state index is 12.4. The number of ether oxygens (including phenoxy) is 1. The van der Waals surface area contributed by atoms with Crippen LogP contribution in [0.1, 0.15) is 39.0 Å². The summed E-state index contributed by atoms with van der Waals surface area (Å²) in [6, 6.07) is 0. The number of nitrogens with zero attached hydrogens (tertiary/aromatic N) is 1. The Balaban J connectivity index is 1.87. The summed E-state index contributed by atoms with van der Waals surface area (Å²) in [6.07, 6.45) is 5.20. The van der Waals surface area contributed by atoms with Crippen LogP contribution in [0.5, 0.6) is 0 Å². The molecule has 2 aliphatic rings. The normalized spacial score (nSPS) is 25.3. The second-order valence-corrected chi connectivity index (χ2v) is 5.48. The first-order valence-electron chi connectivity index (χ1n) is 7.42. The van der Waals surface area contributed by atoms with E-state index in [4.69, 9.17) is 4.74 Å². The van der Waals surface area contributed by atoms with Crippen LogP contribution in [0.25, 0.3) is 0 Å². The van der Waals surface area contributed by atoms with Crippen molar-refractivity contribution in [2.24, 2.45) is 5.92 Å². The molecule has 18 heavy (non-hydrogen) atoms. The van der Waals surface area contributed by atoms with E-state index in [2.05, 4.69) is 12.2 Å². The van der Waals surface area contributed by atoms with Gasteiger partial charge in [-0.25, -0.2) is 0 Å². The smallest absolute Gasteiger partial charge is 0.251 e. The first-order chi connectivity index (χ1) is 8.81. The predicted molar refractivity (Wildman–Crippen MR) is 71.4 cm³/mol. The second-order valence-electron chi connectivity index (χ2n) is 5.48. The number of carbonyl (C=O) groups excluding carboxylic acids is 1. The molecule has 4 heteroatoms. The highest BCUT2D eigenvalue weighted by atomic mass is 16.5. The standard InChI is InChI=1S/C14H26N2O2/c1-2-9-16(11-12-5-7-15-8-6-12)14(17)13-4-3-10-18-13/h12-13,15H,2-11H2,1H3/t13-/m1/s1. The third-order valence-corrected chi connectivity index (χ3v) is 3.95. The van der Waals surface area contributed by atoms with E-state index in [-0.39, 0.29) is 12.0 Å². The lowest BCUT2D eigenvalue weighted by Gasteiger charge is -2.31. The quantitative estimate of drug-likeness (QED) is 0.806. The van der Waals surface area contributed by atoms with Crippen molar-refractivity contribution in [3.63, 3.8) is 0 Å². The van der Waals surface area contributed by atoms with Gasteiger partial charge in [-0.15, -0.1) is 0 Å². The number of hydrogen-bond donors (Lipinski definition) is 1. The largest absolute Gasteiger partial charge is 0.368 e. The van der Waals surface area contributed by atoms with Gasteiger partial charge in [0.25, 0.3) is 5.91 Å². The fraction of sp³-hybridized carbons (Fsp3) is 0.929. The SMILES string of the molecule is CCCN(CC1CCNCC1)C(=O)[C@H]1CCCO1. The van der Waals surface area contributed by atoms with Gasteiger partial charge in [-0.3, -0.25) is 4.79 Å². The van der Waals surface area contributed by atoms with Gasteiger partial charge in [-0.05, 0) is 51.1 Å². The molecule has 0 saturated carbocycles. The summed E-state index contributed by atoms with van der Waals surface area (Å²) < 4.78 is 5.53. The Morgan fingerprint density at radius 1 is 1.33 bits per heavy atom. The van der Waals surface area contributed by atoms with Crippen molar-refractivity contribution >= 4 is 5.91 Å². The number of rotatable bonds is 5. The molecule has 2 heterocycles. The predicted octanol–water partition coefficient (Wildman–Crippen LogP) is 1.40. The van der Waals surface area contributed by atoms with Gasteiger partial charge in [-0.1, -0.05) is 6.92 Å². The minimum absolute atomic E-state index is 0.154. The highest BCUT2D eigenvalue weighted by Crippen LogP contribution is 2.18. The molecule has 104 valence electrons. The zero-order chi connectivity index (χ0) is 12.8. The minimum atomic E-state index is -0.154. The molecule has 0 bridgehead atoms. The van der Waals surface area contributed by atoms with Crippen molar-refractivity contribution in [2.75, 3.05) is 32.8 Å². The number of hydrogen-bond acceptors (Lipinski definition) is 3. The van der Waals surface area contributed by atoms with E-state index >= 15 is 0 Å². The molecule has 0 unspecified atom stereocenters. The van der Waals surface area contributed by atoms with E-state index < -0.39 is 0 Å². The van der Waals surface area contributed by atoms with Crippen LogP contribution < -0.4 is 5.32 Å². The van der Waals surface area contributed by atoms with Crippen LogP contribution in [-0.4, -0.2) is 49.7 Å². The first-order valence-corrected chi connectivity index (χ1v) is 7.42. The van der Waals surface area contributed by atoms with Gasteiger partial charge < -0.3 is 15.0 Å². The molecular weight excluding hydrogens is 228 g/mol. The lowest BCUT2D eigenvalue weighted by Crippen LogP contribution is -2.44. The van der Waals surface area contributed by atoms with Crippen LogP contribution in [0.2, 0.25) is 0 Å². The zero-order valence-corrected chi connectivity index (χ0v) is 11.5. The van der Waals surface area contributed by atoms with Crippen molar-refractivity contribution in [3.05, 3.63) is 0 Å². The molecule has 2 fully saturated rings. The molecule has 0 aromatic rings. The highest BCUT2D eigenvalue weighted by Gasteiger charge is 2.29. The lowest BCUT2D eigenvalue weighted by atomic mass is 9.97. The van der Waals surface area contributed by atoms with Crippen LogP contribution in [0.4, 0.5) is 0 Å². The van der Waals surface area contributed by atoms with Crippen LogP contribution in [-0.2, 0) is 9.53 Å². The molecule has 0 spiro atoms. The van der Waals surface area contributed by atoms with Crippen molar-refractivity contribution in [2.45, 2.75) is 45.1 Å². The average Bonchev–Trinajstić information content (AvgIpc) is 2.92. The first kappa shape index (κ1) is 13.8. The number of piperidine rings is 1. The molecule has 2 saturated heterocycles. The molecule has 1 atom stereocenters. The molecule has 2 rings (SSSR count). The number of amides is 1. The summed E-state index contributed by atoms with van der Waals surface area (Å²) in [5.41, 5.74) is 0. The van der Waals surface area contributed by atoms with E-state index in [1.165, 1.54) is 12.8 Å². The molecule has 0 aromatic carbocycles. The number of carbonyl (C=O) groups is 1. The third-order valence-electron chi connectivity index (χ3n) is 3.95. The summed E-state index contributed by atoms with van der Waals surface area (Å²) >= 11 is 0.